The highest BCUT2D eigenvalue weighted by molar-refractivity contribution is 5.74. The van der Waals surface area contributed by atoms with Crippen molar-refractivity contribution in [1.29, 1.82) is 0 Å². The Hall–Kier alpha value is -1.82. The fourth-order valence-electron chi connectivity index (χ4n) is 3.15. The molecule has 0 spiro atoms. The summed E-state index contributed by atoms with van der Waals surface area (Å²) in [6, 6.07) is 4.96. The highest BCUT2D eigenvalue weighted by atomic mass is 19.1. The summed E-state index contributed by atoms with van der Waals surface area (Å²) in [5, 5.41) is 12.1. The first-order valence-corrected chi connectivity index (χ1v) is 8.72. The average molecular weight is 337 g/mol. The summed E-state index contributed by atoms with van der Waals surface area (Å²) < 4.78 is 14.1. The molecule has 5 nitrogen and oxygen atoms in total. The van der Waals surface area contributed by atoms with Crippen LogP contribution < -0.4 is 10.2 Å². The molecule has 6 heteroatoms. The van der Waals surface area contributed by atoms with E-state index in [9.17, 15) is 9.18 Å². The minimum absolute atomic E-state index is 0.00999. The van der Waals surface area contributed by atoms with E-state index in [1.54, 1.807) is 11.0 Å². The van der Waals surface area contributed by atoms with Gasteiger partial charge in [0, 0.05) is 32.2 Å². The standard InChI is InChI=1S/C18H28FN3O2/c1-3-8-21(10-11-23)18(24)20-15-5-4-9-22(13-15)17-12-14(2)6-7-16(17)19/h6-7,12,15,23H,3-5,8-11,13H2,1-2H3,(H,20,24). The number of hydrogen-bond acceptors (Lipinski definition) is 3. The first kappa shape index (κ1) is 18.5. The number of urea groups is 1. The highest BCUT2D eigenvalue weighted by Crippen LogP contribution is 2.24. The Morgan fingerprint density at radius 1 is 1.46 bits per heavy atom. The molecule has 0 saturated carbocycles. The molecule has 1 aliphatic rings. The molecule has 24 heavy (non-hydrogen) atoms. The van der Waals surface area contributed by atoms with Crippen molar-refractivity contribution in [1.82, 2.24) is 10.2 Å². The van der Waals surface area contributed by atoms with E-state index in [0.717, 1.165) is 31.4 Å². The Labute approximate surface area is 143 Å². The molecule has 1 aliphatic heterocycles. The zero-order valence-corrected chi connectivity index (χ0v) is 14.6. The van der Waals surface area contributed by atoms with Crippen molar-refractivity contribution in [2.24, 2.45) is 0 Å². The second-order valence-electron chi connectivity index (χ2n) is 6.40. The molecule has 0 aliphatic carbocycles. The van der Waals surface area contributed by atoms with Crippen molar-refractivity contribution in [3.05, 3.63) is 29.6 Å². The monoisotopic (exact) mass is 337 g/mol. The third-order valence-corrected chi connectivity index (χ3v) is 4.34. The van der Waals surface area contributed by atoms with Crippen LogP contribution in [0.4, 0.5) is 14.9 Å². The zero-order valence-electron chi connectivity index (χ0n) is 14.6. The maximum absolute atomic E-state index is 14.1. The van der Waals surface area contributed by atoms with Crippen LogP contribution in [0.5, 0.6) is 0 Å². The van der Waals surface area contributed by atoms with Gasteiger partial charge in [0.1, 0.15) is 5.82 Å². The van der Waals surface area contributed by atoms with Gasteiger partial charge in [-0.1, -0.05) is 13.0 Å². The van der Waals surface area contributed by atoms with E-state index in [4.69, 9.17) is 5.11 Å². The van der Waals surface area contributed by atoms with E-state index in [2.05, 4.69) is 5.32 Å². The van der Waals surface area contributed by atoms with Gasteiger partial charge < -0.3 is 20.2 Å². The lowest BCUT2D eigenvalue weighted by atomic mass is 10.0. The number of hydrogen-bond donors (Lipinski definition) is 2. The van der Waals surface area contributed by atoms with Gasteiger partial charge in [0.25, 0.3) is 0 Å². The predicted molar refractivity (Wildman–Crippen MR) is 93.9 cm³/mol. The molecule has 1 saturated heterocycles. The molecule has 0 aromatic heterocycles. The number of rotatable bonds is 6. The largest absolute Gasteiger partial charge is 0.395 e. The van der Waals surface area contributed by atoms with Crippen molar-refractivity contribution in [3.8, 4) is 0 Å². The van der Waals surface area contributed by atoms with Crippen LogP contribution in [0.1, 0.15) is 31.7 Å². The highest BCUT2D eigenvalue weighted by Gasteiger charge is 2.24. The first-order valence-electron chi connectivity index (χ1n) is 8.72. The number of piperidine rings is 1. The Morgan fingerprint density at radius 2 is 2.25 bits per heavy atom. The number of carbonyl (C=O) groups excluding carboxylic acids is 1. The van der Waals surface area contributed by atoms with Crippen molar-refractivity contribution in [2.45, 2.75) is 39.2 Å². The van der Waals surface area contributed by atoms with Crippen LogP contribution in [-0.2, 0) is 0 Å². The Morgan fingerprint density at radius 3 is 2.96 bits per heavy atom. The number of halogens is 1. The average Bonchev–Trinajstić information content (AvgIpc) is 2.57. The van der Waals surface area contributed by atoms with Gasteiger partial charge in [-0.15, -0.1) is 0 Å². The smallest absolute Gasteiger partial charge is 0.317 e. The number of nitrogens with one attached hydrogen (secondary N) is 1. The third kappa shape index (κ3) is 4.84. The van der Waals surface area contributed by atoms with E-state index >= 15 is 0 Å². The van der Waals surface area contributed by atoms with Gasteiger partial charge in [0.05, 0.1) is 12.3 Å². The van der Waals surface area contributed by atoms with Crippen LogP contribution in [-0.4, -0.2) is 54.9 Å². The van der Waals surface area contributed by atoms with Crippen molar-refractivity contribution >= 4 is 11.7 Å². The summed E-state index contributed by atoms with van der Waals surface area (Å²) in [5.41, 5.74) is 1.63. The lowest BCUT2D eigenvalue weighted by Crippen LogP contribution is -2.52. The number of anilines is 1. The Kier molecular flexibility index (Phi) is 6.85. The Bertz CT molecular complexity index is 547. The lowest BCUT2D eigenvalue weighted by molar-refractivity contribution is 0.173. The van der Waals surface area contributed by atoms with Gasteiger partial charge in [0.2, 0.25) is 0 Å². The molecule has 2 amide bonds. The molecule has 0 radical (unpaired) electrons. The zero-order chi connectivity index (χ0) is 17.5. The topological polar surface area (TPSA) is 55.8 Å². The van der Waals surface area contributed by atoms with Crippen molar-refractivity contribution in [3.63, 3.8) is 0 Å². The maximum Gasteiger partial charge on any atom is 0.317 e. The fourth-order valence-corrected chi connectivity index (χ4v) is 3.15. The number of benzene rings is 1. The van der Waals surface area contributed by atoms with Crippen LogP contribution in [0.25, 0.3) is 0 Å². The summed E-state index contributed by atoms with van der Waals surface area (Å²) in [5.74, 6) is -0.222. The fraction of sp³-hybridized carbons (Fsp3) is 0.611. The third-order valence-electron chi connectivity index (χ3n) is 4.34. The summed E-state index contributed by atoms with van der Waals surface area (Å²) in [6.45, 7) is 6.26. The summed E-state index contributed by atoms with van der Waals surface area (Å²) >= 11 is 0. The normalized spacial score (nSPS) is 17.7. The number of aliphatic hydroxyl groups is 1. The van der Waals surface area contributed by atoms with E-state index < -0.39 is 0 Å². The molecule has 1 atom stereocenters. The van der Waals surface area contributed by atoms with Gasteiger partial charge in [-0.05, 0) is 43.9 Å². The molecule has 1 aromatic rings. The number of carbonyl (C=O) groups is 1. The molecule has 1 heterocycles. The minimum atomic E-state index is -0.222. The number of amides is 2. The van der Waals surface area contributed by atoms with E-state index in [1.807, 2.05) is 24.8 Å². The second-order valence-corrected chi connectivity index (χ2v) is 6.40. The molecule has 0 bridgehead atoms. The van der Waals surface area contributed by atoms with E-state index in [-0.39, 0.29) is 24.5 Å². The molecular formula is C18H28FN3O2. The number of aryl methyl sites for hydroxylation is 1. The van der Waals surface area contributed by atoms with Crippen LogP contribution in [0.2, 0.25) is 0 Å². The lowest BCUT2D eigenvalue weighted by Gasteiger charge is -2.36. The number of nitrogens with zero attached hydrogens (tertiary/aromatic N) is 2. The predicted octanol–water partition coefficient (Wildman–Crippen LogP) is 2.52. The van der Waals surface area contributed by atoms with E-state index in [1.165, 1.54) is 6.07 Å². The van der Waals surface area contributed by atoms with Crippen LogP contribution >= 0.6 is 0 Å². The summed E-state index contributed by atoms with van der Waals surface area (Å²) in [4.78, 5) is 16.0. The van der Waals surface area contributed by atoms with Crippen molar-refractivity contribution in [2.75, 3.05) is 37.7 Å². The molecule has 1 aromatic carbocycles. The van der Waals surface area contributed by atoms with Crippen molar-refractivity contribution < 1.29 is 14.3 Å². The number of aliphatic hydroxyl groups excluding tert-OH is 1. The van der Waals surface area contributed by atoms with Gasteiger partial charge in [-0.2, -0.15) is 0 Å². The SMILES string of the molecule is CCCN(CCO)C(=O)NC1CCCN(c2cc(C)ccc2F)C1. The summed E-state index contributed by atoms with van der Waals surface area (Å²) in [7, 11) is 0. The van der Waals surface area contributed by atoms with Gasteiger partial charge >= 0.3 is 6.03 Å². The van der Waals surface area contributed by atoms with Crippen LogP contribution in [0.15, 0.2) is 18.2 Å². The molecule has 134 valence electrons. The minimum Gasteiger partial charge on any atom is -0.395 e. The molecule has 1 unspecified atom stereocenters. The molecule has 2 rings (SSSR count). The second kappa shape index (κ2) is 8.87. The quantitative estimate of drug-likeness (QED) is 0.839. The summed E-state index contributed by atoms with van der Waals surface area (Å²) in [6.07, 6.45) is 2.64. The maximum atomic E-state index is 14.1. The van der Waals surface area contributed by atoms with Gasteiger partial charge in [0.15, 0.2) is 0 Å². The molecule has 2 N–H and O–H groups in total. The van der Waals surface area contributed by atoms with Gasteiger partial charge in [-0.25, -0.2) is 9.18 Å². The molecular weight excluding hydrogens is 309 g/mol. The van der Waals surface area contributed by atoms with Crippen LogP contribution in [0, 0.1) is 12.7 Å². The van der Waals surface area contributed by atoms with Gasteiger partial charge in [-0.3, -0.25) is 0 Å². The Balaban J connectivity index is 2.00. The molecule has 1 fully saturated rings. The van der Waals surface area contributed by atoms with Crippen LogP contribution in [0.3, 0.4) is 0 Å². The first-order chi connectivity index (χ1) is 11.5. The van der Waals surface area contributed by atoms with E-state index in [0.29, 0.717) is 25.3 Å².